The van der Waals surface area contributed by atoms with E-state index in [1.807, 2.05) is 18.2 Å². The molecular weight excluding hydrogens is 410 g/mol. The number of rotatable bonds is 8. The van der Waals surface area contributed by atoms with Crippen LogP contribution in [0.25, 0.3) is 0 Å². The molecule has 1 fully saturated rings. The van der Waals surface area contributed by atoms with Crippen molar-refractivity contribution in [3.8, 4) is 0 Å². The quantitative estimate of drug-likeness (QED) is 0.240. The Morgan fingerprint density at radius 2 is 1.74 bits per heavy atom. The molecular formula is C20H27N3O8. The zero-order chi connectivity index (χ0) is 22.9. The summed E-state index contributed by atoms with van der Waals surface area (Å²) < 4.78 is 19.8. The average Bonchev–Trinajstić information content (AvgIpc) is 2.70. The second kappa shape index (κ2) is 11.0. The Bertz CT molecular complexity index is 778. The van der Waals surface area contributed by atoms with Crippen LogP contribution in [0.5, 0.6) is 0 Å². The molecule has 0 spiro atoms. The SMILES string of the molecule is CC(C)(C)OC(=O)NCCOC(=O)OC[C@H]1NC(=O)[C@H]1NC(=O)OCc1ccccc1. The molecule has 0 bridgehead atoms. The molecule has 1 aliphatic heterocycles. The van der Waals surface area contributed by atoms with Crippen molar-refractivity contribution in [3.05, 3.63) is 35.9 Å². The Hall–Kier alpha value is -3.50. The molecule has 1 aromatic rings. The van der Waals surface area contributed by atoms with Gasteiger partial charge < -0.3 is 34.9 Å². The molecule has 3 amide bonds. The van der Waals surface area contributed by atoms with Crippen LogP contribution in [0.3, 0.4) is 0 Å². The van der Waals surface area contributed by atoms with Crippen molar-refractivity contribution in [2.24, 2.45) is 0 Å². The van der Waals surface area contributed by atoms with Crippen LogP contribution < -0.4 is 16.0 Å². The minimum absolute atomic E-state index is 0.0433. The van der Waals surface area contributed by atoms with Gasteiger partial charge in [0.2, 0.25) is 5.91 Å². The van der Waals surface area contributed by atoms with Crippen molar-refractivity contribution in [2.75, 3.05) is 19.8 Å². The molecule has 3 N–H and O–H groups in total. The summed E-state index contributed by atoms with van der Waals surface area (Å²) in [5.41, 5.74) is 0.176. The summed E-state index contributed by atoms with van der Waals surface area (Å²) in [4.78, 5) is 46.6. The number of alkyl carbamates (subject to hydrolysis) is 2. The molecule has 0 aromatic heterocycles. The smallest absolute Gasteiger partial charge is 0.445 e. The van der Waals surface area contributed by atoms with Crippen molar-refractivity contribution < 1.29 is 38.1 Å². The summed E-state index contributed by atoms with van der Waals surface area (Å²) in [6.07, 6.45) is -2.36. The maximum absolute atomic E-state index is 11.9. The summed E-state index contributed by atoms with van der Waals surface area (Å²) in [7, 11) is 0. The molecule has 31 heavy (non-hydrogen) atoms. The molecule has 1 aliphatic rings. The van der Waals surface area contributed by atoms with E-state index in [1.165, 1.54) is 0 Å². The Morgan fingerprint density at radius 3 is 2.39 bits per heavy atom. The summed E-state index contributed by atoms with van der Waals surface area (Å²) >= 11 is 0. The van der Waals surface area contributed by atoms with Gasteiger partial charge >= 0.3 is 18.3 Å². The van der Waals surface area contributed by atoms with Crippen LogP contribution in [0.4, 0.5) is 14.4 Å². The highest BCUT2D eigenvalue weighted by Crippen LogP contribution is 2.09. The molecule has 2 atom stereocenters. The standard InChI is InChI=1S/C20H27N3O8/c1-20(2,3)31-17(25)21-9-10-28-19(27)30-12-14-15(16(24)22-14)23-18(26)29-11-13-7-5-4-6-8-13/h4-8,14-15H,9-12H2,1-3H3,(H,21,25)(H,22,24)(H,23,26)/t14-,15+/m1/s1. The van der Waals surface area contributed by atoms with E-state index in [4.69, 9.17) is 18.9 Å². The minimum Gasteiger partial charge on any atom is -0.445 e. The Morgan fingerprint density at radius 1 is 1.03 bits per heavy atom. The molecule has 1 aromatic carbocycles. The topological polar surface area (TPSA) is 141 Å². The van der Waals surface area contributed by atoms with Gasteiger partial charge in [0.15, 0.2) is 0 Å². The third-order valence-electron chi connectivity index (χ3n) is 3.87. The number of hydrogen-bond acceptors (Lipinski definition) is 8. The maximum atomic E-state index is 11.9. The fourth-order valence-electron chi connectivity index (χ4n) is 2.44. The highest BCUT2D eigenvalue weighted by molar-refractivity contribution is 5.92. The average molecular weight is 437 g/mol. The number of β-lactam (4-membered cyclic amide) rings is 1. The van der Waals surface area contributed by atoms with Crippen molar-refractivity contribution in [1.29, 1.82) is 0 Å². The third kappa shape index (κ3) is 8.81. The first-order valence-corrected chi connectivity index (χ1v) is 9.68. The van der Waals surface area contributed by atoms with Gasteiger partial charge in [0.05, 0.1) is 12.6 Å². The van der Waals surface area contributed by atoms with Gasteiger partial charge in [-0.3, -0.25) is 4.79 Å². The van der Waals surface area contributed by atoms with Crippen LogP contribution in [-0.2, 0) is 30.3 Å². The normalized spacial score (nSPS) is 17.5. The van der Waals surface area contributed by atoms with Crippen LogP contribution >= 0.6 is 0 Å². The summed E-state index contributed by atoms with van der Waals surface area (Å²) in [5, 5.41) is 7.37. The minimum atomic E-state index is -0.974. The molecule has 0 radical (unpaired) electrons. The van der Waals surface area contributed by atoms with E-state index in [-0.39, 0.29) is 26.4 Å². The first-order valence-electron chi connectivity index (χ1n) is 9.68. The van der Waals surface area contributed by atoms with Crippen molar-refractivity contribution in [2.45, 2.75) is 45.1 Å². The number of carbonyl (C=O) groups is 4. The largest absolute Gasteiger partial charge is 0.508 e. The first-order chi connectivity index (χ1) is 14.6. The van der Waals surface area contributed by atoms with Gasteiger partial charge in [-0.25, -0.2) is 14.4 Å². The number of hydrogen-bond donors (Lipinski definition) is 3. The highest BCUT2D eigenvalue weighted by Gasteiger charge is 2.41. The first kappa shape index (κ1) is 23.8. The molecule has 0 unspecified atom stereocenters. The Balaban J connectivity index is 1.60. The molecule has 11 heteroatoms. The van der Waals surface area contributed by atoms with E-state index < -0.39 is 41.9 Å². The van der Waals surface area contributed by atoms with Crippen molar-refractivity contribution in [1.82, 2.24) is 16.0 Å². The lowest BCUT2D eigenvalue weighted by atomic mass is 10.0. The van der Waals surface area contributed by atoms with Gasteiger partial charge in [-0.15, -0.1) is 0 Å². The highest BCUT2D eigenvalue weighted by atomic mass is 16.7. The molecule has 1 heterocycles. The van der Waals surface area contributed by atoms with E-state index in [0.717, 1.165) is 5.56 Å². The zero-order valence-corrected chi connectivity index (χ0v) is 17.6. The van der Waals surface area contributed by atoms with Crippen LogP contribution in [-0.4, -0.2) is 61.7 Å². The summed E-state index contributed by atoms with van der Waals surface area (Å²) in [6.45, 7) is 4.96. The van der Waals surface area contributed by atoms with Crippen molar-refractivity contribution >= 4 is 24.2 Å². The van der Waals surface area contributed by atoms with Crippen molar-refractivity contribution in [3.63, 3.8) is 0 Å². The molecule has 170 valence electrons. The lowest BCUT2D eigenvalue weighted by Crippen LogP contribution is -2.70. The zero-order valence-electron chi connectivity index (χ0n) is 17.6. The van der Waals surface area contributed by atoms with E-state index in [2.05, 4.69) is 16.0 Å². The van der Waals surface area contributed by atoms with Gasteiger partial charge in [-0.2, -0.15) is 0 Å². The fourth-order valence-corrected chi connectivity index (χ4v) is 2.44. The predicted molar refractivity (Wildman–Crippen MR) is 107 cm³/mol. The second-order valence-electron chi connectivity index (χ2n) is 7.64. The van der Waals surface area contributed by atoms with Crippen LogP contribution in [0.1, 0.15) is 26.3 Å². The maximum Gasteiger partial charge on any atom is 0.508 e. The Labute approximate surface area is 179 Å². The van der Waals surface area contributed by atoms with E-state index in [9.17, 15) is 19.2 Å². The van der Waals surface area contributed by atoms with Crippen LogP contribution in [0, 0.1) is 0 Å². The molecule has 1 saturated heterocycles. The van der Waals surface area contributed by atoms with E-state index in [0.29, 0.717) is 0 Å². The summed E-state index contributed by atoms with van der Waals surface area (Å²) in [6, 6.07) is 7.58. The van der Waals surface area contributed by atoms with Gasteiger partial charge in [-0.05, 0) is 26.3 Å². The number of ether oxygens (including phenoxy) is 4. The number of amides is 3. The van der Waals surface area contributed by atoms with Gasteiger partial charge in [0, 0.05) is 0 Å². The number of carbonyl (C=O) groups excluding carboxylic acids is 4. The third-order valence-corrected chi connectivity index (χ3v) is 3.87. The van der Waals surface area contributed by atoms with Crippen LogP contribution in [0.2, 0.25) is 0 Å². The van der Waals surface area contributed by atoms with Crippen LogP contribution in [0.15, 0.2) is 30.3 Å². The van der Waals surface area contributed by atoms with E-state index in [1.54, 1.807) is 32.9 Å². The molecule has 0 aliphatic carbocycles. The predicted octanol–water partition coefficient (Wildman–Crippen LogP) is 1.46. The monoisotopic (exact) mass is 437 g/mol. The molecule has 11 nitrogen and oxygen atoms in total. The lowest BCUT2D eigenvalue weighted by molar-refractivity contribution is -0.133. The van der Waals surface area contributed by atoms with E-state index >= 15 is 0 Å². The second-order valence-corrected chi connectivity index (χ2v) is 7.64. The van der Waals surface area contributed by atoms with Gasteiger partial charge in [-0.1, -0.05) is 30.3 Å². The number of nitrogens with one attached hydrogen (secondary N) is 3. The molecule has 0 saturated carbocycles. The molecule has 2 rings (SSSR count). The fraction of sp³-hybridized carbons (Fsp3) is 0.500. The van der Waals surface area contributed by atoms with Gasteiger partial charge in [0.1, 0.15) is 31.5 Å². The lowest BCUT2D eigenvalue weighted by Gasteiger charge is -2.35. The number of benzene rings is 1. The Kier molecular flexibility index (Phi) is 8.47. The summed E-state index contributed by atoms with van der Waals surface area (Å²) in [5.74, 6) is -0.416. The van der Waals surface area contributed by atoms with Gasteiger partial charge in [0.25, 0.3) is 0 Å².